The lowest BCUT2D eigenvalue weighted by atomic mass is 10.4. The van der Waals surface area contributed by atoms with Crippen molar-refractivity contribution in [1.29, 1.82) is 0 Å². The minimum absolute atomic E-state index is 0.0237. The van der Waals surface area contributed by atoms with Gasteiger partial charge in [-0.1, -0.05) is 0 Å². The van der Waals surface area contributed by atoms with Crippen molar-refractivity contribution in [3.8, 4) is 0 Å². The van der Waals surface area contributed by atoms with E-state index in [0.29, 0.717) is 0 Å². The van der Waals surface area contributed by atoms with Crippen LogP contribution in [-0.2, 0) is 0 Å². The summed E-state index contributed by atoms with van der Waals surface area (Å²) in [6.07, 6.45) is -0.530. The van der Waals surface area contributed by atoms with Crippen LogP contribution in [0.25, 0.3) is 0 Å². The molecule has 1 rings (SSSR count). The Kier molecular flexibility index (Phi) is 2.11. The van der Waals surface area contributed by atoms with E-state index < -0.39 is 6.43 Å². The normalized spacial score (nSPS) is 10.4. The molecule has 2 nitrogen and oxygen atoms in total. The maximum atomic E-state index is 11.8. The highest BCUT2D eigenvalue weighted by molar-refractivity contribution is 6.28. The molecule has 0 saturated heterocycles. The van der Waals surface area contributed by atoms with E-state index in [0.717, 1.165) is 12.4 Å². The van der Waals surface area contributed by atoms with Gasteiger partial charge in [0.05, 0.1) is 5.56 Å². The highest BCUT2D eigenvalue weighted by atomic mass is 35.5. The van der Waals surface area contributed by atoms with Gasteiger partial charge in [-0.25, -0.2) is 18.7 Å². The van der Waals surface area contributed by atoms with Gasteiger partial charge in [0.25, 0.3) is 6.43 Å². The molecular formula is C5H3ClF2N2. The third kappa shape index (κ3) is 1.60. The molecule has 0 atom stereocenters. The van der Waals surface area contributed by atoms with Crippen molar-refractivity contribution in [3.63, 3.8) is 0 Å². The molecule has 0 aliphatic rings. The molecule has 0 N–H and O–H groups in total. The number of hydrogen-bond acceptors (Lipinski definition) is 2. The second kappa shape index (κ2) is 2.88. The van der Waals surface area contributed by atoms with Crippen LogP contribution in [0.3, 0.4) is 0 Å². The Labute approximate surface area is 60.9 Å². The van der Waals surface area contributed by atoms with Gasteiger partial charge in [-0.2, -0.15) is 0 Å². The minimum atomic E-state index is -2.53. The van der Waals surface area contributed by atoms with E-state index in [2.05, 4.69) is 9.97 Å². The molecule has 0 aliphatic carbocycles. The Balaban J connectivity index is 2.89. The summed E-state index contributed by atoms with van der Waals surface area (Å²) in [6, 6.07) is 0. The van der Waals surface area contributed by atoms with Crippen LogP contribution in [0.4, 0.5) is 8.78 Å². The molecule has 0 aliphatic heterocycles. The van der Waals surface area contributed by atoms with Crippen molar-refractivity contribution in [2.45, 2.75) is 6.43 Å². The topological polar surface area (TPSA) is 25.8 Å². The number of halogens is 3. The molecule has 0 amide bonds. The fraction of sp³-hybridized carbons (Fsp3) is 0.200. The number of alkyl halides is 2. The van der Waals surface area contributed by atoms with E-state index in [1.54, 1.807) is 0 Å². The first-order valence-electron chi connectivity index (χ1n) is 2.46. The van der Waals surface area contributed by atoms with Gasteiger partial charge in [0.2, 0.25) is 5.28 Å². The zero-order chi connectivity index (χ0) is 7.56. The highest BCUT2D eigenvalue weighted by Gasteiger charge is 2.06. The number of hydrogen-bond donors (Lipinski definition) is 0. The number of nitrogens with zero attached hydrogens (tertiary/aromatic N) is 2. The Hall–Kier alpha value is -0.770. The molecule has 0 saturated carbocycles. The monoisotopic (exact) mass is 164 g/mol. The smallest absolute Gasteiger partial charge is 0.226 e. The zero-order valence-electron chi connectivity index (χ0n) is 4.76. The lowest BCUT2D eigenvalue weighted by Gasteiger charge is -1.95. The van der Waals surface area contributed by atoms with Crippen molar-refractivity contribution < 1.29 is 8.78 Å². The van der Waals surface area contributed by atoms with Crippen LogP contribution in [0, 0.1) is 0 Å². The molecule has 1 aromatic rings. The molecule has 0 unspecified atom stereocenters. The van der Waals surface area contributed by atoms with Gasteiger partial charge >= 0.3 is 0 Å². The fourth-order valence-electron chi connectivity index (χ4n) is 0.435. The summed E-state index contributed by atoms with van der Waals surface area (Å²) in [5.41, 5.74) is -0.218. The van der Waals surface area contributed by atoms with Crippen LogP contribution < -0.4 is 0 Å². The molecule has 1 heterocycles. The van der Waals surface area contributed by atoms with E-state index in [9.17, 15) is 8.78 Å². The predicted octanol–water partition coefficient (Wildman–Crippen LogP) is 2.07. The molecular weight excluding hydrogens is 162 g/mol. The molecule has 10 heavy (non-hydrogen) atoms. The maximum Gasteiger partial charge on any atom is 0.266 e. The van der Waals surface area contributed by atoms with Crippen LogP contribution in [0.5, 0.6) is 0 Å². The van der Waals surface area contributed by atoms with Gasteiger partial charge in [0, 0.05) is 12.4 Å². The maximum absolute atomic E-state index is 11.8. The van der Waals surface area contributed by atoms with Gasteiger partial charge < -0.3 is 0 Å². The third-order valence-electron chi connectivity index (χ3n) is 0.892. The Morgan fingerprint density at radius 2 is 1.80 bits per heavy atom. The van der Waals surface area contributed by atoms with Crippen LogP contribution in [0.2, 0.25) is 5.28 Å². The van der Waals surface area contributed by atoms with Crippen molar-refractivity contribution in [2.24, 2.45) is 0 Å². The molecule has 0 radical (unpaired) electrons. The van der Waals surface area contributed by atoms with E-state index in [1.165, 1.54) is 0 Å². The quantitative estimate of drug-likeness (QED) is 0.594. The third-order valence-corrected chi connectivity index (χ3v) is 1.09. The summed E-state index contributed by atoms with van der Waals surface area (Å²) in [4.78, 5) is 6.75. The summed E-state index contributed by atoms with van der Waals surface area (Å²) in [5, 5.41) is -0.0237. The summed E-state index contributed by atoms with van der Waals surface area (Å²) in [7, 11) is 0. The van der Waals surface area contributed by atoms with Crippen LogP contribution in [0.1, 0.15) is 12.0 Å². The number of rotatable bonds is 1. The molecule has 0 fully saturated rings. The molecule has 1 aromatic heterocycles. The second-order valence-electron chi connectivity index (χ2n) is 1.59. The summed E-state index contributed by atoms with van der Waals surface area (Å²) in [5.74, 6) is 0. The van der Waals surface area contributed by atoms with Crippen molar-refractivity contribution in [1.82, 2.24) is 9.97 Å². The molecule has 0 aromatic carbocycles. The lowest BCUT2D eigenvalue weighted by molar-refractivity contribution is 0.150. The van der Waals surface area contributed by atoms with Crippen molar-refractivity contribution in [2.75, 3.05) is 0 Å². The SMILES string of the molecule is FC(F)c1cnc(Cl)nc1. The Morgan fingerprint density at radius 3 is 2.20 bits per heavy atom. The largest absolute Gasteiger partial charge is 0.266 e. The average molecular weight is 165 g/mol. The molecule has 0 spiro atoms. The van der Waals surface area contributed by atoms with Gasteiger partial charge in [-0.05, 0) is 11.6 Å². The first-order valence-corrected chi connectivity index (χ1v) is 2.83. The van der Waals surface area contributed by atoms with Crippen LogP contribution in [-0.4, -0.2) is 9.97 Å². The summed E-state index contributed by atoms with van der Waals surface area (Å²) >= 11 is 5.25. The van der Waals surface area contributed by atoms with Crippen molar-refractivity contribution >= 4 is 11.6 Å². The second-order valence-corrected chi connectivity index (χ2v) is 1.92. The fourth-order valence-corrected chi connectivity index (χ4v) is 0.533. The molecule has 0 bridgehead atoms. The average Bonchev–Trinajstić information content (AvgIpc) is 1.88. The van der Waals surface area contributed by atoms with E-state index >= 15 is 0 Å². The van der Waals surface area contributed by atoms with Crippen molar-refractivity contribution in [3.05, 3.63) is 23.2 Å². The van der Waals surface area contributed by atoms with Gasteiger partial charge in [0.15, 0.2) is 0 Å². The van der Waals surface area contributed by atoms with E-state index in [1.807, 2.05) is 0 Å². The molecule has 54 valence electrons. The lowest BCUT2D eigenvalue weighted by Crippen LogP contribution is -1.88. The molecule has 5 heteroatoms. The van der Waals surface area contributed by atoms with Gasteiger partial charge in [-0.15, -0.1) is 0 Å². The van der Waals surface area contributed by atoms with E-state index in [4.69, 9.17) is 11.6 Å². The van der Waals surface area contributed by atoms with Gasteiger partial charge in [-0.3, -0.25) is 0 Å². The Bertz CT molecular complexity index is 211. The Morgan fingerprint density at radius 1 is 1.30 bits per heavy atom. The standard InChI is InChI=1S/C5H3ClF2N2/c6-5-9-1-3(2-10-5)4(7)8/h1-2,4H. The van der Waals surface area contributed by atoms with Crippen LogP contribution in [0.15, 0.2) is 12.4 Å². The minimum Gasteiger partial charge on any atom is -0.226 e. The zero-order valence-corrected chi connectivity index (χ0v) is 5.52. The van der Waals surface area contributed by atoms with E-state index in [-0.39, 0.29) is 10.8 Å². The number of aromatic nitrogens is 2. The first kappa shape index (κ1) is 7.34. The predicted molar refractivity (Wildman–Crippen MR) is 32.0 cm³/mol. The highest BCUT2D eigenvalue weighted by Crippen LogP contribution is 2.16. The first-order chi connectivity index (χ1) is 4.70. The summed E-state index contributed by atoms with van der Waals surface area (Å²) < 4.78 is 23.6. The summed E-state index contributed by atoms with van der Waals surface area (Å²) in [6.45, 7) is 0. The van der Waals surface area contributed by atoms with Crippen LogP contribution >= 0.6 is 11.6 Å². The van der Waals surface area contributed by atoms with Gasteiger partial charge in [0.1, 0.15) is 0 Å².